The number of guanidine groups is 1. The Hall–Kier alpha value is -1.50. The molecule has 7 heteroatoms. The maximum absolute atomic E-state index is 12.1. The van der Waals surface area contributed by atoms with E-state index in [1.165, 1.54) is 19.3 Å². The fourth-order valence-electron chi connectivity index (χ4n) is 5.53. The number of nitrogens with one attached hydrogen (secondary N) is 2. The van der Waals surface area contributed by atoms with E-state index in [0.717, 1.165) is 45.0 Å². The van der Waals surface area contributed by atoms with Crippen LogP contribution in [0.25, 0.3) is 0 Å². The van der Waals surface area contributed by atoms with Gasteiger partial charge in [-0.3, -0.25) is 4.99 Å². The Morgan fingerprint density at radius 2 is 2.07 bits per heavy atom. The zero-order valence-electron chi connectivity index (χ0n) is 17.8. The summed E-state index contributed by atoms with van der Waals surface area (Å²) >= 11 is 0. The van der Waals surface area contributed by atoms with Gasteiger partial charge in [0.05, 0.1) is 12.1 Å². The van der Waals surface area contributed by atoms with E-state index in [1.54, 1.807) is 0 Å². The van der Waals surface area contributed by atoms with Crippen molar-refractivity contribution in [2.45, 2.75) is 83.6 Å². The molecule has 0 bridgehead atoms. The Morgan fingerprint density at radius 3 is 2.71 bits per heavy atom. The molecule has 1 amide bonds. The number of hydrogen-bond donors (Lipinski definition) is 2. The molecule has 2 N–H and O–H groups in total. The normalized spacial score (nSPS) is 33.9. The molecule has 158 valence electrons. The summed E-state index contributed by atoms with van der Waals surface area (Å²) in [7, 11) is 0. The second kappa shape index (κ2) is 7.39. The fourth-order valence-corrected chi connectivity index (χ4v) is 5.53. The van der Waals surface area contributed by atoms with Gasteiger partial charge in [0, 0.05) is 43.6 Å². The van der Waals surface area contributed by atoms with Crippen LogP contribution in [0.5, 0.6) is 0 Å². The van der Waals surface area contributed by atoms with Crippen molar-refractivity contribution in [3.8, 4) is 0 Å². The fraction of sp³-hybridized carbons (Fsp3) is 0.905. The first-order valence-corrected chi connectivity index (χ1v) is 11.0. The molecule has 1 spiro atoms. The summed E-state index contributed by atoms with van der Waals surface area (Å²) in [5.74, 6) is 1.62. The van der Waals surface area contributed by atoms with E-state index >= 15 is 0 Å². The minimum Gasteiger partial charge on any atom is -0.444 e. The van der Waals surface area contributed by atoms with Crippen molar-refractivity contribution in [2.75, 3.05) is 26.2 Å². The van der Waals surface area contributed by atoms with Crippen LogP contribution in [-0.2, 0) is 9.47 Å². The minimum absolute atomic E-state index is 0.0975. The molecule has 4 rings (SSSR count). The van der Waals surface area contributed by atoms with Crippen LogP contribution in [0.4, 0.5) is 4.79 Å². The van der Waals surface area contributed by atoms with E-state index < -0.39 is 5.60 Å². The van der Waals surface area contributed by atoms with Gasteiger partial charge in [0.2, 0.25) is 0 Å². The first-order chi connectivity index (χ1) is 13.3. The lowest BCUT2D eigenvalue weighted by atomic mass is 9.46. The summed E-state index contributed by atoms with van der Waals surface area (Å²) in [6, 6.07) is 0.581. The largest absolute Gasteiger partial charge is 0.444 e. The Kier molecular flexibility index (Phi) is 5.23. The quantitative estimate of drug-likeness (QED) is 0.570. The summed E-state index contributed by atoms with van der Waals surface area (Å²) < 4.78 is 11.5. The van der Waals surface area contributed by atoms with Crippen molar-refractivity contribution in [2.24, 2.45) is 16.3 Å². The lowest BCUT2D eigenvalue weighted by Gasteiger charge is -2.63. The zero-order valence-corrected chi connectivity index (χ0v) is 17.8. The maximum Gasteiger partial charge on any atom is 0.407 e. The van der Waals surface area contributed by atoms with Crippen LogP contribution in [0.1, 0.15) is 59.8 Å². The number of nitrogens with zero attached hydrogens (tertiary/aromatic N) is 2. The first-order valence-electron chi connectivity index (χ1n) is 11.0. The number of fused-ring (bicyclic) bond motifs is 2. The molecule has 7 nitrogen and oxygen atoms in total. The molecule has 4 aliphatic rings. The van der Waals surface area contributed by atoms with Gasteiger partial charge in [-0.25, -0.2) is 4.79 Å². The van der Waals surface area contributed by atoms with Gasteiger partial charge < -0.3 is 25.0 Å². The van der Waals surface area contributed by atoms with Crippen molar-refractivity contribution in [3.05, 3.63) is 0 Å². The molecule has 28 heavy (non-hydrogen) atoms. The summed E-state index contributed by atoms with van der Waals surface area (Å²) in [6.07, 6.45) is 6.06. The number of hydrogen-bond acceptors (Lipinski definition) is 4. The highest BCUT2D eigenvalue weighted by Crippen LogP contribution is 2.62. The van der Waals surface area contributed by atoms with Gasteiger partial charge >= 0.3 is 6.09 Å². The molecule has 0 radical (unpaired) electrons. The lowest BCUT2D eigenvalue weighted by Crippen LogP contribution is -2.72. The molecule has 4 fully saturated rings. The Balaban J connectivity index is 1.35. The van der Waals surface area contributed by atoms with Gasteiger partial charge in [-0.2, -0.15) is 0 Å². The van der Waals surface area contributed by atoms with Crippen LogP contribution in [-0.4, -0.2) is 67.0 Å². The summed E-state index contributed by atoms with van der Waals surface area (Å²) in [6.45, 7) is 11.1. The highest BCUT2D eigenvalue weighted by atomic mass is 16.6. The molecule has 2 aliphatic carbocycles. The van der Waals surface area contributed by atoms with Crippen LogP contribution in [0.3, 0.4) is 0 Å². The van der Waals surface area contributed by atoms with Gasteiger partial charge in [0.1, 0.15) is 5.60 Å². The van der Waals surface area contributed by atoms with Gasteiger partial charge in [-0.05, 0) is 53.4 Å². The molecule has 4 atom stereocenters. The standard InChI is InChI=1S/C21H36N4O3/c1-5-22-18(24-16-15-8-12-27-17(15)21(16)9-6-10-21)25-11-7-14(13-25)23-19(26)28-20(2,3)4/h14-17H,5-13H2,1-4H3,(H,22,24)(H,23,26). The second-order valence-corrected chi connectivity index (χ2v) is 9.83. The summed E-state index contributed by atoms with van der Waals surface area (Å²) in [4.78, 5) is 19.2. The predicted octanol–water partition coefficient (Wildman–Crippen LogP) is 2.51. The Labute approximate surface area is 168 Å². The topological polar surface area (TPSA) is 75.2 Å². The highest BCUT2D eigenvalue weighted by molar-refractivity contribution is 5.81. The zero-order chi connectivity index (χ0) is 19.9. The maximum atomic E-state index is 12.1. The van der Waals surface area contributed by atoms with Crippen molar-refractivity contribution >= 4 is 12.1 Å². The third-order valence-corrected chi connectivity index (χ3v) is 6.84. The van der Waals surface area contributed by atoms with Crippen molar-refractivity contribution in [1.82, 2.24) is 15.5 Å². The van der Waals surface area contributed by atoms with Gasteiger partial charge in [-0.1, -0.05) is 6.42 Å². The molecule has 2 heterocycles. The van der Waals surface area contributed by atoms with Gasteiger partial charge in [-0.15, -0.1) is 0 Å². The molecular weight excluding hydrogens is 356 g/mol. The summed E-state index contributed by atoms with van der Waals surface area (Å²) in [5, 5.41) is 6.84. The smallest absolute Gasteiger partial charge is 0.407 e. The van der Waals surface area contributed by atoms with Crippen LogP contribution in [0.2, 0.25) is 0 Å². The molecule has 0 aromatic rings. The Bertz CT molecular complexity index is 626. The number of carbonyl (C=O) groups is 1. The number of rotatable bonds is 3. The van der Waals surface area contributed by atoms with Gasteiger partial charge in [0.25, 0.3) is 0 Å². The Morgan fingerprint density at radius 1 is 1.29 bits per heavy atom. The molecule has 4 unspecified atom stereocenters. The molecule has 2 saturated carbocycles. The van der Waals surface area contributed by atoms with E-state index in [9.17, 15) is 4.79 Å². The second-order valence-electron chi connectivity index (χ2n) is 9.83. The molecule has 2 aliphatic heterocycles. The van der Waals surface area contributed by atoms with Crippen LogP contribution in [0.15, 0.2) is 4.99 Å². The van der Waals surface area contributed by atoms with Crippen LogP contribution in [0, 0.1) is 11.3 Å². The van der Waals surface area contributed by atoms with E-state index in [0.29, 0.717) is 23.5 Å². The van der Waals surface area contributed by atoms with Crippen molar-refractivity contribution in [1.29, 1.82) is 0 Å². The number of carbonyl (C=O) groups excluding carboxylic acids is 1. The number of amides is 1. The minimum atomic E-state index is -0.472. The van der Waals surface area contributed by atoms with Crippen LogP contribution < -0.4 is 10.6 Å². The van der Waals surface area contributed by atoms with E-state index in [4.69, 9.17) is 14.5 Å². The molecule has 0 aromatic carbocycles. The lowest BCUT2D eigenvalue weighted by molar-refractivity contribution is -0.171. The number of alkyl carbamates (subject to hydrolysis) is 1. The number of aliphatic imine (C=N–C) groups is 1. The van der Waals surface area contributed by atoms with Crippen molar-refractivity contribution in [3.63, 3.8) is 0 Å². The van der Waals surface area contributed by atoms with Crippen LogP contribution >= 0.6 is 0 Å². The molecule has 0 aromatic heterocycles. The van der Waals surface area contributed by atoms with E-state index in [2.05, 4.69) is 22.5 Å². The average molecular weight is 393 g/mol. The monoisotopic (exact) mass is 392 g/mol. The predicted molar refractivity (Wildman–Crippen MR) is 108 cm³/mol. The van der Waals surface area contributed by atoms with Crippen molar-refractivity contribution < 1.29 is 14.3 Å². The van der Waals surface area contributed by atoms with E-state index in [1.807, 2.05) is 20.8 Å². The average Bonchev–Trinajstić information content (AvgIpc) is 3.16. The summed E-state index contributed by atoms with van der Waals surface area (Å²) in [5.41, 5.74) is -0.135. The first kappa shape index (κ1) is 19.8. The van der Waals surface area contributed by atoms with Gasteiger partial charge in [0.15, 0.2) is 5.96 Å². The third-order valence-electron chi connectivity index (χ3n) is 6.84. The number of ether oxygens (including phenoxy) is 2. The molecular formula is C21H36N4O3. The van der Waals surface area contributed by atoms with E-state index in [-0.39, 0.29) is 12.1 Å². The third kappa shape index (κ3) is 3.58. The SMILES string of the molecule is CCN=C(NC1C2CCOC2C12CCC2)N1CCC(NC(=O)OC(C)(C)C)C1. The number of likely N-dealkylation sites (tertiary alicyclic amines) is 1. The highest BCUT2D eigenvalue weighted by Gasteiger charge is 2.66. The molecule has 2 saturated heterocycles.